The zero-order valence-corrected chi connectivity index (χ0v) is 21.8. The highest BCUT2D eigenvalue weighted by Crippen LogP contribution is 2.54. The van der Waals surface area contributed by atoms with Crippen molar-refractivity contribution in [2.45, 2.75) is 43.2 Å². The molecule has 184 valence electrons. The topological polar surface area (TPSA) is 107 Å². The van der Waals surface area contributed by atoms with Gasteiger partial charge in [0.25, 0.3) is 10.0 Å². The maximum absolute atomic E-state index is 14.2. The van der Waals surface area contributed by atoms with E-state index in [1.165, 1.54) is 0 Å². The van der Waals surface area contributed by atoms with Gasteiger partial charge in [-0.05, 0) is 53.4 Å². The molecule has 7 rings (SSSR count). The third kappa shape index (κ3) is 2.83. The maximum atomic E-state index is 14.2. The molecule has 1 saturated heterocycles. The third-order valence-electron chi connectivity index (χ3n) is 7.94. The van der Waals surface area contributed by atoms with Gasteiger partial charge >= 0.3 is 0 Å². The molecule has 1 spiro atoms. The lowest BCUT2D eigenvalue weighted by atomic mass is 9.60. The van der Waals surface area contributed by atoms with Crippen LogP contribution in [0.2, 0.25) is 0 Å². The number of allylic oxidation sites excluding steroid dienone is 2. The number of ketones is 2. The standard InChI is InChI=1S/C26H22BrN3O5S/c1-13-2-4-16(5-3-13)36(33,34)30-11-14-6-7-28-22-20(14)24(30)25(32)23-21(22)26-9-15(29-23)12-35-19(26)8-18(31)17(27)10-26/h2-5,10-11,15,19,29H,6-9,12H2,1H3/t15-,19-,26+/m0/s1. The smallest absolute Gasteiger partial charge is 0.268 e. The summed E-state index contributed by atoms with van der Waals surface area (Å²) in [7, 11) is -4.01. The van der Waals surface area contributed by atoms with Gasteiger partial charge in [0, 0.05) is 35.7 Å². The molecular formula is C26H22BrN3O5S. The summed E-state index contributed by atoms with van der Waals surface area (Å²) in [6.07, 6.45) is 4.48. The van der Waals surface area contributed by atoms with Crippen LogP contribution in [-0.2, 0) is 26.0 Å². The van der Waals surface area contributed by atoms with E-state index in [9.17, 15) is 18.0 Å². The number of nitrogens with one attached hydrogen (secondary N) is 1. The van der Waals surface area contributed by atoms with Crippen LogP contribution in [0, 0.1) is 12.3 Å². The van der Waals surface area contributed by atoms with Crippen molar-refractivity contribution in [2.24, 2.45) is 10.4 Å². The molecule has 1 N–H and O–H groups in total. The fraction of sp³-hybridized carbons (Fsp3) is 0.346. The van der Waals surface area contributed by atoms with Crippen molar-refractivity contribution < 1.29 is 22.7 Å². The average molecular weight is 568 g/mol. The predicted molar refractivity (Wildman–Crippen MR) is 135 cm³/mol. The van der Waals surface area contributed by atoms with Gasteiger partial charge in [-0.2, -0.15) is 0 Å². The zero-order chi connectivity index (χ0) is 25.0. The zero-order valence-electron chi connectivity index (χ0n) is 19.4. The summed E-state index contributed by atoms with van der Waals surface area (Å²) in [6, 6.07) is 6.48. The highest BCUT2D eigenvalue weighted by molar-refractivity contribution is 9.12. The van der Waals surface area contributed by atoms with Gasteiger partial charge in [-0.15, -0.1) is 0 Å². The predicted octanol–water partition coefficient (Wildman–Crippen LogP) is 2.83. The number of benzene rings is 1. The molecule has 5 aliphatic rings. The Balaban J connectivity index is 1.48. The molecule has 0 radical (unpaired) electrons. The molecule has 0 amide bonds. The number of aliphatic imine (C=N–C) groups is 1. The van der Waals surface area contributed by atoms with Crippen LogP contribution in [0.4, 0.5) is 0 Å². The Bertz CT molecular complexity index is 1600. The molecule has 2 aromatic rings. The van der Waals surface area contributed by atoms with Crippen LogP contribution >= 0.6 is 15.9 Å². The monoisotopic (exact) mass is 567 g/mol. The van der Waals surface area contributed by atoms with E-state index >= 15 is 0 Å². The fourth-order valence-electron chi connectivity index (χ4n) is 6.30. The Morgan fingerprint density at radius 1 is 1.22 bits per heavy atom. The minimum absolute atomic E-state index is 0.0331. The molecule has 4 heterocycles. The Hall–Kier alpha value is -2.82. The molecule has 3 aliphatic heterocycles. The van der Waals surface area contributed by atoms with E-state index in [1.807, 2.05) is 13.0 Å². The van der Waals surface area contributed by atoms with Gasteiger partial charge in [-0.25, -0.2) is 12.4 Å². The number of Topliss-reactive ketones (excluding diaryl/α,β-unsaturated/α-hetero) is 2. The van der Waals surface area contributed by atoms with Gasteiger partial charge in [-0.3, -0.25) is 14.6 Å². The largest absolute Gasteiger partial charge is 0.376 e. The van der Waals surface area contributed by atoms with Crippen molar-refractivity contribution in [3.8, 4) is 0 Å². The molecule has 0 saturated carbocycles. The molecule has 3 atom stereocenters. The molecule has 1 fully saturated rings. The fourth-order valence-corrected chi connectivity index (χ4v) is 8.26. The first kappa shape index (κ1) is 22.4. The van der Waals surface area contributed by atoms with Crippen molar-refractivity contribution in [1.29, 1.82) is 0 Å². The number of aromatic nitrogens is 1. The molecular weight excluding hydrogens is 546 g/mol. The van der Waals surface area contributed by atoms with E-state index in [2.05, 4.69) is 21.2 Å². The molecule has 1 aromatic carbocycles. The second-order valence-corrected chi connectivity index (χ2v) is 12.7. The van der Waals surface area contributed by atoms with E-state index in [1.54, 1.807) is 30.5 Å². The van der Waals surface area contributed by atoms with Crippen LogP contribution in [0.5, 0.6) is 0 Å². The van der Waals surface area contributed by atoms with Crippen LogP contribution in [0.15, 0.2) is 62.2 Å². The van der Waals surface area contributed by atoms with Gasteiger partial charge in [0.2, 0.25) is 5.78 Å². The van der Waals surface area contributed by atoms with Gasteiger partial charge in [-0.1, -0.05) is 23.8 Å². The SMILES string of the molecule is Cc1ccc(S(=O)(=O)n2cc3c4c2C(=O)C2=C(C4=NCC3)[C@]34C=C(Br)C(=O)C[C@@H]3OC[C@H](C4)N2)cc1. The molecule has 8 nitrogen and oxygen atoms in total. The normalized spacial score (nSPS) is 28.5. The van der Waals surface area contributed by atoms with Crippen molar-refractivity contribution in [3.05, 3.63) is 74.7 Å². The number of fused-ring (bicyclic) bond motifs is 2. The first-order valence-electron chi connectivity index (χ1n) is 11.9. The number of aryl methyl sites for hydroxylation is 1. The average Bonchev–Trinajstić information content (AvgIpc) is 3.25. The molecule has 36 heavy (non-hydrogen) atoms. The summed E-state index contributed by atoms with van der Waals surface area (Å²) in [4.78, 5) is 31.6. The molecule has 0 unspecified atom stereocenters. The van der Waals surface area contributed by atoms with Gasteiger partial charge in [0.05, 0.1) is 39.5 Å². The lowest BCUT2D eigenvalue weighted by Gasteiger charge is -2.53. The summed E-state index contributed by atoms with van der Waals surface area (Å²) in [5, 5.41) is 3.34. The lowest BCUT2D eigenvalue weighted by Crippen LogP contribution is -2.60. The van der Waals surface area contributed by atoms with E-state index in [0.29, 0.717) is 47.4 Å². The molecule has 2 aliphatic carbocycles. The minimum Gasteiger partial charge on any atom is -0.376 e. The number of hydrogen-bond acceptors (Lipinski definition) is 7. The summed E-state index contributed by atoms with van der Waals surface area (Å²) in [5.41, 5.74) is 3.45. The highest BCUT2D eigenvalue weighted by Gasteiger charge is 2.57. The van der Waals surface area contributed by atoms with Gasteiger partial charge in [0.15, 0.2) is 5.78 Å². The Labute approximate surface area is 216 Å². The van der Waals surface area contributed by atoms with Crippen molar-refractivity contribution in [3.63, 3.8) is 0 Å². The Kier molecular flexibility index (Phi) is 4.58. The van der Waals surface area contributed by atoms with Crippen molar-refractivity contribution >= 4 is 43.2 Å². The quantitative estimate of drug-likeness (QED) is 0.598. The Morgan fingerprint density at radius 2 is 2.00 bits per heavy atom. The van der Waals surface area contributed by atoms with Crippen LogP contribution in [-0.4, -0.2) is 55.0 Å². The van der Waals surface area contributed by atoms with Crippen molar-refractivity contribution in [2.75, 3.05) is 13.2 Å². The first-order valence-corrected chi connectivity index (χ1v) is 14.1. The number of carbonyl (C=O) groups is 2. The number of halogens is 1. The Morgan fingerprint density at radius 3 is 2.78 bits per heavy atom. The minimum atomic E-state index is -4.01. The lowest BCUT2D eigenvalue weighted by molar-refractivity contribution is -0.125. The summed E-state index contributed by atoms with van der Waals surface area (Å²) < 4.78 is 35.3. The summed E-state index contributed by atoms with van der Waals surface area (Å²) in [6.45, 7) is 2.74. The number of nitrogens with zero attached hydrogens (tertiary/aromatic N) is 2. The van der Waals surface area contributed by atoms with Gasteiger partial charge < -0.3 is 10.1 Å². The maximum Gasteiger partial charge on any atom is 0.268 e. The summed E-state index contributed by atoms with van der Waals surface area (Å²) in [5.74, 6) is -0.400. The number of hydrogen-bond donors (Lipinski definition) is 1. The molecule has 1 aromatic heterocycles. The van der Waals surface area contributed by atoms with Crippen LogP contribution in [0.3, 0.4) is 0 Å². The van der Waals surface area contributed by atoms with E-state index in [-0.39, 0.29) is 34.6 Å². The second kappa shape index (κ2) is 7.36. The van der Waals surface area contributed by atoms with Crippen LogP contribution < -0.4 is 5.32 Å². The summed E-state index contributed by atoms with van der Waals surface area (Å²) >= 11 is 3.44. The number of rotatable bonds is 2. The van der Waals surface area contributed by atoms with Gasteiger partial charge in [0.1, 0.15) is 5.69 Å². The third-order valence-corrected chi connectivity index (χ3v) is 10.3. The van der Waals surface area contributed by atoms with Crippen LogP contribution in [0.25, 0.3) is 0 Å². The molecule has 2 bridgehead atoms. The van der Waals surface area contributed by atoms with Crippen LogP contribution in [0.1, 0.15) is 40.0 Å². The number of carbonyl (C=O) groups excluding carboxylic acids is 2. The highest BCUT2D eigenvalue weighted by atomic mass is 79.9. The number of ether oxygens (including phenoxy) is 1. The van der Waals surface area contributed by atoms with E-state index in [4.69, 9.17) is 9.73 Å². The second-order valence-electron chi connectivity index (χ2n) is 10.1. The van der Waals surface area contributed by atoms with E-state index < -0.39 is 21.5 Å². The first-order chi connectivity index (χ1) is 17.2. The molecule has 10 heteroatoms. The van der Waals surface area contributed by atoms with Crippen molar-refractivity contribution in [1.82, 2.24) is 9.29 Å². The van der Waals surface area contributed by atoms with E-state index in [0.717, 1.165) is 20.7 Å².